The zero-order chi connectivity index (χ0) is 12.1. The van der Waals surface area contributed by atoms with Crippen LogP contribution in [0.25, 0.3) is 0 Å². The fraction of sp³-hybridized carbons (Fsp3) is 0.538. The van der Waals surface area contributed by atoms with Crippen molar-refractivity contribution in [1.82, 2.24) is 4.90 Å². The van der Waals surface area contributed by atoms with Crippen LogP contribution in [0.2, 0.25) is 5.02 Å². The summed E-state index contributed by atoms with van der Waals surface area (Å²) >= 11 is 5.96. The van der Waals surface area contributed by atoms with Crippen molar-refractivity contribution in [1.29, 1.82) is 0 Å². The third-order valence-corrected chi connectivity index (χ3v) is 3.23. The molecule has 0 radical (unpaired) electrons. The summed E-state index contributed by atoms with van der Waals surface area (Å²) in [6, 6.07) is 7.90. The first-order chi connectivity index (χ1) is 8.28. The van der Waals surface area contributed by atoms with E-state index in [1.165, 1.54) is 5.56 Å². The number of aliphatic hydroxyl groups excluding tert-OH is 1. The number of hydrogen-bond donors (Lipinski definition) is 1. The lowest BCUT2D eigenvalue weighted by Gasteiger charge is -2.32. The summed E-state index contributed by atoms with van der Waals surface area (Å²) < 4.78 is 5.73. The van der Waals surface area contributed by atoms with Crippen LogP contribution < -0.4 is 0 Å². The second-order valence-electron chi connectivity index (χ2n) is 4.35. The number of nitrogens with zero attached hydrogens (tertiary/aromatic N) is 1. The van der Waals surface area contributed by atoms with Gasteiger partial charge >= 0.3 is 0 Å². The van der Waals surface area contributed by atoms with Crippen LogP contribution in [0.1, 0.15) is 5.56 Å². The summed E-state index contributed by atoms with van der Waals surface area (Å²) in [6.45, 7) is 3.48. The maximum Gasteiger partial charge on any atom is 0.0742 e. The predicted octanol–water partition coefficient (Wildman–Crippen LogP) is 1.58. The number of ether oxygens (including phenoxy) is 1. The number of rotatable bonds is 4. The van der Waals surface area contributed by atoms with Crippen LogP contribution in [0.15, 0.2) is 24.3 Å². The van der Waals surface area contributed by atoms with E-state index >= 15 is 0 Å². The molecule has 0 amide bonds. The molecule has 0 aromatic heterocycles. The molecular weight excluding hydrogens is 238 g/mol. The lowest BCUT2D eigenvalue weighted by molar-refractivity contribution is -0.0313. The molecule has 1 aromatic carbocycles. The minimum Gasteiger partial charge on any atom is -0.395 e. The van der Waals surface area contributed by atoms with E-state index in [1.807, 2.05) is 18.2 Å². The fourth-order valence-electron chi connectivity index (χ4n) is 2.18. The van der Waals surface area contributed by atoms with Crippen LogP contribution in [0.4, 0.5) is 0 Å². The molecule has 0 aliphatic carbocycles. The average Bonchev–Trinajstić information content (AvgIpc) is 2.30. The molecule has 0 bridgehead atoms. The molecule has 1 aromatic rings. The third kappa shape index (κ3) is 3.96. The molecule has 3 nitrogen and oxygen atoms in total. The molecule has 1 saturated heterocycles. The number of morpholine rings is 1. The van der Waals surface area contributed by atoms with Gasteiger partial charge in [-0.05, 0) is 24.1 Å². The van der Waals surface area contributed by atoms with Crippen molar-refractivity contribution in [3.05, 3.63) is 34.9 Å². The Balaban J connectivity index is 1.90. The van der Waals surface area contributed by atoms with E-state index in [-0.39, 0.29) is 12.7 Å². The standard InChI is InChI=1S/C13H18ClNO2/c14-12-3-1-2-11(8-12)9-13-10-15(4-6-16)5-7-17-13/h1-3,8,13,16H,4-7,9-10H2/t13-/m0/s1. The summed E-state index contributed by atoms with van der Waals surface area (Å²) in [5.41, 5.74) is 1.20. The second-order valence-corrected chi connectivity index (χ2v) is 4.79. The van der Waals surface area contributed by atoms with Crippen LogP contribution in [-0.2, 0) is 11.2 Å². The van der Waals surface area contributed by atoms with Gasteiger partial charge in [-0.1, -0.05) is 23.7 Å². The number of hydrogen-bond acceptors (Lipinski definition) is 3. The van der Waals surface area contributed by atoms with Crippen molar-refractivity contribution in [2.45, 2.75) is 12.5 Å². The van der Waals surface area contributed by atoms with Gasteiger partial charge in [0.05, 0.1) is 19.3 Å². The highest BCUT2D eigenvalue weighted by Gasteiger charge is 2.20. The van der Waals surface area contributed by atoms with Crippen molar-refractivity contribution >= 4 is 11.6 Å². The van der Waals surface area contributed by atoms with E-state index < -0.39 is 0 Å². The van der Waals surface area contributed by atoms with Gasteiger partial charge < -0.3 is 9.84 Å². The molecule has 2 rings (SSSR count). The first-order valence-electron chi connectivity index (χ1n) is 5.97. The smallest absolute Gasteiger partial charge is 0.0742 e. The number of benzene rings is 1. The summed E-state index contributed by atoms with van der Waals surface area (Å²) in [5, 5.41) is 9.70. The Hall–Kier alpha value is -0.610. The van der Waals surface area contributed by atoms with Gasteiger partial charge in [-0.3, -0.25) is 4.90 Å². The first kappa shape index (κ1) is 12.8. The third-order valence-electron chi connectivity index (χ3n) is 2.99. The molecule has 1 heterocycles. The van der Waals surface area contributed by atoms with Crippen LogP contribution >= 0.6 is 11.6 Å². The molecule has 1 atom stereocenters. The molecule has 1 aliphatic rings. The van der Waals surface area contributed by atoms with Crippen LogP contribution in [0, 0.1) is 0 Å². The van der Waals surface area contributed by atoms with Crippen LogP contribution in [0.3, 0.4) is 0 Å². The SMILES string of the molecule is OCCN1CCO[C@@H](Cc2cccc(Cl)c2)C1. The van der Waals surface area contributed by atoms with Crippen molar-refractivity contribution in [3.63, 3.8) is 0 Å². The topological polar surface area (TPSA) is 32.7 Å². The van der Waals surface area contributed by atoms with E-state index in [9.17, 15) is 0 Å². The Kier molecular flexibility index (Phi) is 4.80. The van der Waals surface area contributed by atoms with E-state index in [4.69, 9.17) is 21.4 Å². The number of aliphatic hydroxyl groups is 1. The van der Waals surface area contributed by atoms with Gasteiger partial charge in [0.25, 0.3) is 0 Å². The van der Waals surface area contributed by atoms with Gasteiger partial charge in [0, 0.05) is 24.7 Å². The largest absolute Gasteiger partial charge is 0.395 e. The predicted molar refractivity (Wildman–Crippen MR) is 68.4 cm³/mol. The van der Waals surface area contributed by atoms with Crippen LogP contribution in [-0.4, -0.2) is 49.0 Å². The highest BCUT2D eigenvalue weighted by Crippen LogP contribution is 2.15. The molecule has 1 N–H and O–H groups in total. The normalized spacial score (nSPS) is 21.6. The minimum atomic E-state index is 0.203. The van der Waals surface area contributed by atoms with Gasteiger partial charge in [0.1, 0.15) is 0 Å². The second kappa shape index (κ2) is 6.36. The molecule has 4 heteroatoms. The highest BCUT2D eigenvalue weighted by atomic mass is 35.5. The van der Waals surface area contributed by atoms with E-state index in [0.717, 1.165) is 37.7 Å². The van der Waals surface area contributed by atoms with E-state index in [2.05, 4.69) is 11.0 Å². The Morgan fingerprint density at radius 1 is 1.47 bits per heavy atom. The Morgan fingerprint density at radius 3 is 3.12 bits per heavy atom. The summed E-state index contributed by atoms with van der Waals surface area (Å²) in [7, 11) is 0. The quantitative estimate of drug-likeness (QED) is 0.887. The van der Waals surface area contributed by atoms with Crippen molar-refractivity contribution in [2.24, 2.45) is 0 Å². The zero-order valence-electron chi connectivity index (χ0n) is 9.81. The molecule has 1 fully saturated rings. The molecule has 94 valence electrons. The lowest BCUT2D eigenvalue weighted by atomic mass is 10.1. The summed E-state index contributed by atoms with van der Waals surface area (Å²) in [5.74, 6) is 0. The lowest BCUT2D eigenvalue weighted by Crippen LogP contribution is -2.44. The number of β-amino-alcohol motifs (C(OH)–C–C–N with tert-alkyl or cyclic N) is 1. The van der Waals surface area contributed by atoms with Crippen molar-refractivity contribution in [3.8, 4) is 0 Å². The Bertz CT molecular complexity index is 357. The van der Waals surface area contributed by atoms with Gasteiger partial charge in [0.15, 0.2) is 0 Å². The van der Waals surface area contributed by atoms with Crippen molar-refractivity contribution < 1.29 is 9.84 Å². The van der Waals surface area contributed by atoms with Crippen LogP contribution in [0.5, 0.6) is 0 Å². The Labute approximate surface area is 107 Å². The van der Waals surface area contributed by atoms with Gasteiger partial charge in [0.2, 0.25) is 0 Å². The maximum absolute atomic E-state index is 8.93. The van der Waals surface area contributed by atoms with Crippen molar-refractivity contribution in [2.75, 3.05) is 32.8 Å². The monoisotopic (exact) mass is 255 g/mol. The first-order valence-corrected chi connectivity index (χ1v) is 6.35. The van der Waals surface area contributed by atoms with Gasteiger partial charge in [-0.15, -0.1) is 0 Å². The minimum absolute atomic E-state index is 0.203. The van der Waals surface area contributed by atoms with Gasteiger partial charge in [-0.2, -0.15) is 0 Å². The summed E-state index contributed by atoms with van der Waals surface area (Å²) in [6.07, 6.45) is 1.08. The van der Waals surface area contributed by atoms with Gasteiger partial charge in [-0.25, -0.2) is 0 Å². The average molecular weight is 256 g/mol. The summed E-state index contributed by atoms with van der Waals surface area (Å²) in [4.78, 5) is 2.23. The maximum atomic E-state index is 8.93. The molecule has 17 heavy (non-hydrogen) atoms. The number of halogens is 1. The molecule has 0 saturated carbocycles. The molecule has 0 spiro atoms. The molecule has 1 aliphatic heterocycles. The van der Waals surface area contributed by atoms with E-state index in [0.29, 0.717) is 0 Å². The Morgan fingerprint density at radius 2 is 2.35 bits per heavy atom. The highest BCUT2D eigenvalue weighted by molar-refractivity contribution is 6.30. The zero-order valence-corrected chi connectivity index (χ0v) is 10.6. The van der Waals surface area contributed by atoms with E-state index in [1.54, 1.807) is 0 Å². The fourth-order valence-corrected chi connectivity index (χ4v) is 2.39. The molecule has 0 unspecified atom stereocenters. The molecular formula is C13H18ClNO2.